The zero-order valence-corrected chi connectivity index (χ0v) is 10.6. The Morgan fingerprint density at radius 1 is 1.61 bits per heavy atom. The van der Waals surface area contributed by atoms with Crippen LogP contribution < -0.4 is 5.32 Å². The Bertz CT molecular complexity index is 422. The van der Waals surface area contributed by atoms with E-state index in [-0.39, 0.29) is 12.1 Å². The van der Waals surface area contributed by atoms with Gasteiger partial charge in [-0.1, -0.05) is 6.07 Å². The van der Waals surface area contributed by atoms with Gasteiger partial charge in [-0.2, -0.15) is 0 Å². The number of nitrogens with zero attached hydrogens (tertiary/aromatic N) is 2. The summed E-state index contributed by atoms with van der Waals surface area (Å²) in [5, 5.41) is 12.3. The number of aliphatic hydroxyl groups is 1. The number of aryl methyl sites for hydroxylation is 1. The van der Waals surface area contributed by atoms with Crippen molar-refractivity contribution in [3.63, 3.8) is 0 Å². The normalized spacial score (nSPS) is 19.7. The van der Waals surface area contributed by atoms with E-state index in [1.54, 1.807) is 4.90 Å². The molecular formula is C13H19N3O2. The number of nitrogens with one attached hydrogen (secondary N) is 1. The molecule has 0 spiro atoms. The first-order chi connectivity index (χ1) is 8.65. The Balaban J connectivity index is 1.84. The van der Waals surface area contributed by atoms with Crippen LogP contribution in [0.25, 0.3) is 0 Å². The smallest absolute Gasteiger partial charge is 0.317 e. The van der Waals surface area contributed by atoms with E-state index in [1.807, 2.05) is 25.1 Å². The van der Waals surface area contributed by atoms with Gasteiger partial charge in [-0.3, -0.25) is 4.98 Å². The maximum absolute atomic E-state index is 11.9. The van der Waals surface area contributed by atoms with Gasteiger partial charge in [0.2, 0.25) is 0 Å². The molecule has 2 N–H and O–H groups in total. The van der Waals surface area contributed by atoms with Gasteiger partial charge in [0.1, 0.15) is 0 Å². The second kappa shape index (κ2) is 5.82. The summed E-state index contributed by atoms with van der Waals surface area (Å²) in [5.74, 6) is 0. The fourth-order valence-electron chi connectivity index (χ4n) is 2.12. The van der Waals surface area contributed by atoms with E-state index in [2.05, 4.69) is 10.3 Å². The molecule has 1 aliphatic rings. The number of pyridine rings is 1. The van der Waals surface area contributed by atoms with Gasteiger partial charge in [-0.05, 0) is 31.9 Å². The lowest BCUT2D eigenvalue weighted by atomic mass is 10.1. The van der Waals surface area contributed by atoms with Crippen LogP contribution in [0.2, 0.25) is 0 Å². The van der Waals surface area contributed by atoms with Gasteiger partial charge in [0.15, 0.2) is 0 Å². The second-order valence-corrected chi connectivity index (χ2v) is 4.67. The number of carbonyl (C=O) groups is 1. The predicted molar refractivity (Wildman–Crippen MR) is 68.0 cm³/mol. The molecule has 1 aromatic rings. The Morgan fingerprint density at radius 2 is 2.44 bits per heavy atom. The molecular weight excluding hydrogens is 230 g/mol. The minimum absolute atomic E-state index is 0.128. The van der Waals surface area contributed by atoms with Crippen molar-refractivity contribution in [2.45, 2.75) is 32.4 Å². The van der Waals surface area contributed by atoms with Crippen LogP contribution in [0, 0.1) is 6.92 Å². The van der Waals surface area contributed by atoms with Crippen molar-refractivity contribution in [3.05, 3.63) is 29.6 Å². The monoisotopic (exact) mass is 249 g/mol. The van der Waals surface area contributed by atoms with E-state index in [4.69, 9.17) is 0 Å². The van der Waals surface area contributed by atoms with Crippen LogP contribution in [0.3, 0.4) is 0 Å². The molecule has 1 unspecified atom stereocenters. The molecule has 0 saturated carbocycles. The van der Waals surface area contributed by atoms with Crippen molar-refractivity contribution < 1.29 is 9.90 Å². The lowest BCUT2D eigenvalue weighted by Crippen LogP contribution is -2.46. The Kier molecular flexibility index (Phi) is 4.15. The molecule has 2 amide bonds. The van der Waals surface area contributed by atoms with E-state index in [0.717, 1.165) is 24.2 Å². The topological polar surface area (TPSA) is 65.5 Å². The molecule has 1 saturated heterocycles. The van der Waals surface area contributed by atoms with Gasteiger partial charge >= 0.3 is 6.03 Å². The number of amides is 2. The first-order valence-electron chi connectivity index (χ1n) is 6.28. The summed E-state index contributed by atoms with van der Waals surface area (Å²) < 4.78 is 0. The summed E-state index contributed by atoms with van der Waals surface area (Å²) in [4.78, 5) is 17.9. The van der Waals surface area contributed by atoms with Gasteiger partial charge in [0.05, 0.1) is 18.3 Å². The Morgan fingerprint density at radius 3 is 3.17 bits per heavy atom. The molecule has 1 aromatic heterocycles. The highest BCUT2D eigenvalue weighted by atomic mass is 16.3. The highest BCUT2D eigenvalue weighted by Crippen LogP contribution is 2.09. The van der Waals surface area contributed by atoms with Crippen LogP contribution in [0.1, 0.15) is 24.2 Å². The van der Waals surface area contributed by atoms with Gasteiger partial charge < -0.3 is 15.3 Å². The summed E-state index contributed by atoms with van der Waals surface area (Å²) in [6.07, 6.45) is 1.25. The summed E-state index contributed by atoms with van der Waals surface area (Å²) in [7, 11) is 0. The zero-order valence-electron chi connectivity index (χ0n) is 10.6. The van der Waals surface area contributed by atoms with Gasteiger partial charge in [-0.25, -0.2) is 4.79 Å². The summed E-state index contributed by atoms with van der Waals surface area (Å²) >= 11 is 0. The molecule has 0 aromatic carbocycles. The molecule has 18 heavy (non-hydrogen) atoms. The first kappa shape index (κ1) is 12.8. The van der Waals surface area contributed by atoms with Gasteiger partial charge in [0, 0.05) is 18.8 Å². The van der Waals surface area contributed by atoms with Crippen LogP contribution in [0.15, 0.2) is 18.2 Å². The number of likely N-dealkylation sites (tertiary alicyclic amines) is 1. The van der Waals surface area contributed by atoms with Crippen LogP contribution in [-0.2, 0) is 6.54 Å². The third-order valence-corrected chi connectivity index (χ3v) is 3.05. The van der Waals surface area contributed by atoms with Crippen molar-refractivity contribution in [1.82, 2.24) is 15.2 Å². The van der Waals surface area contributed by atoms with Crippen molar-refractivity contribution in [1.29, 1.82) is 0 Å². The largest absolute Gasteiger partial charge is 0.391 e. The quantitative estimate of drug-likeness (QED) is 0.823. The summed E-state index contributed by atoms with van der Waals surface area (Å²) in [5.41, 5.74) is 1.79. The number of β-amino-alcohol motifs (C(OH)–C–C–N with tert-alkyl or cyclic N) is 1. The molecule has 1 aliphatic heterocycles. The molecule has 5 heteroatoms. The van der Waals surface area contributed by atoms with Crippen molar-refractivity contribution in [3.8, 4) is 0 Å². The van der Waals surface area contributed by atoms with Crippen LogP contribution in [0.4, 0.5) is 4.79 Å². The number of aliphatic hydroxyl groups excluding tert-OH is 1. The van der Waals surface area contributed by atoms with Crippen LogP contribution in [-0.4, -0.2) is 40.2 Å². The SMILES string of the molecule is Cc1cccc(CNC(=O)N2CCCC(O)C2)n1. The number of aromatic nitrogens is 1. The Labute approximate surface area is 107 Å². The molecule has 5 nitrogen and oxygen atoms in total. The number of piperidine rings is 1. The van der Waals surface area contributed by atoms with Crippen molar-refractivity contribution in [2.24, 2.45) is 0 Å². The third kappa shape index (κ3) is 3.43. The van der Waals surface area contributed by atoms with Crippen molar-refractivity contribution >= 4 is 6.03 Å². The number of carbonyl (C=O) groups excluding carboxylic acids is 1. The van der Waals surface area contributed by atoms with Gasteiger partial charge in [-0.15, -0.1) is 0 Å². The molecule has 0 radical (unpaired) electrons. The lowest BCUT2D eigenvalue weighted by molar-refractivity contribution is 0.0841. The summed E-state index contributed by atoms with van der Waals surface area (Å²) in [6.45, 7) is 3.48. The average Bonchev–Trinajstić information content (AvgIpc) is 2.36. The fraction of sp³-hybridized carbons (Fsp3) is 0.538. The van der Waals surface area contributed by atoms with Crippen LogP contribution >= 0.6 is 0 Å². The highest BCUT2D eigenvalue weighted by Gasteiger charge is 2.21. The average molecular weight is 249 g/mol. The molecule has 1 fully saturated rings. The van der Waals surface area contributed by atoms with Crippen molar-refractivity contribution in [2.75, 3.05) is 13.1 Å². The van der Waals surface area contributed by atoms with Gasteiger partial charge in [0.25, 0.3) is 0 Å². The minimum atomic E-state index is -0.387. The first-order valence-corrected chi connectivity index (χ1v) is 6.28. The second-order valence-electron chi connectivity index (χ2n) is 4.67. The van der Waals surface area contributed by atoms with Crippen LogP contribution in [0.5, 0.6) is 0 Å². The molecule has 2 rings (SSSR count). The predicted octanol–water partition coefficient (Wildman–Crippen LogP) is 1.06. The molecule has 98 valence electrons. The van der Waals surface area contributed by atoms with E-state index in [1.165, 1.54) is 0 Å². The zero-order chi connectivity index (χ0) is 13.0. The number of hydrogen-bond acceptors (Lipinski definition) is 3. The fourth-order valence-corrected chi connectivity index (χ4v) is 2.12. The van der Waals surface area contributed by atoms with E-state index < -0.39 is 0 Å². The van der Waals surface area contributed by atoms with E-state index in [9.17, 15) is 9.90 Å². The lowest BCUT2D eigenvalue weighted by Gasteiger charge is -2.30. The molecule has 0 aliphatic carbocycles. The minimum Gasteiger partial charge on any atom is -0.391 e. The molecule has 0 bridgehead atoms. The number of hydrogen-bond donors (Lipinski definition) is 2. The maximum Gasteiger partial charge on any atom is 0.317 e. The molecule has 2 heterocycles. The standard InChI is InChI=1S/C13H19N3O2/c1-10-4-2-5-11(15-10)8-14-13(18)16-7-3-6-12(17)9-16/h2,4-5,12,17H,3,6-9H2,1H3,(H,14,18). The third-order valence-electron chi connectivity index (χ3n) is 3.05. The maximum atomic E-state index is 11.9. The molecule has 1 atom stereocenters. The Hall–Kier alpha value is -1.62. The van der Waals surface area contributed by atoms with E-state index in [0.29, 0.717) is 19.6 Å². The van der Waals surface area contributed by atoms with E-state index >= 15 is 0 Å². The summed E-state index contributed by atoms with van der Waals surface area (Å²) in [6, 6.07) is 5.61. The number of urea groups is 1. The highest BCUT2D eigenvalue weighted by molar-refractivity contribution is 5.74. The number of rotatable bonds is 2.